The zero-order valence-corrected chi connectivity index (χ0v) is 16.0. The van der Waals surface area contributed by atoms with E-state index in [-0.39, 0.29) is 23.3 Å². The molecule has 0 saturated heterocycles. The van der Waals surface area contributed by atoms with Crippen LogP contribution in [0.5, 0.6) is 28.5 Å². The number of carbonyl (C=O) groups is 1. The molecule has 0 amide bonds. The standard InChI is InChI=1S/C21H12N2O6S/c24-21(25)28-16-10-5-9-15(27-19-22-12-6-1-3-8-14(12)26-19)18(16)29-20-23-13-7-2-4-11-17(13)30-20/h1-11H,(H,24,25). The van der Waals surface area contributed by atoms with Crippen molar-refractivity contribution in [2.45, 2.75) is 0 Å². The minimum atomic E-state index is -1.48. The zero-order chi connectivity index (χ0) is 20.5. The number of carboxylic acid groups (broad SMARTS) is 1. The number of rotatable bonds is 5. The summed E-state index contributed by atoms with van der Waals surface area (Å²) in [7, 11) is 0. The smallest absolute Gasteiger partial charge is 0.449 e. The highest BCUT2D eigenvalue weighted by Crippen LogP contribution is 2.44. The van der Waals surface area contributed by atoms with Crippen LogP contribution in [-0.4, -0.2) is 21.2 Å². The summed E-state index contributed by atoms with van der Waals surface area (Å²) >= 11 is 1.31. The largest absolute Gasteiger partial charge is 0.511 e. The van der Waals surface area contributed by atoms with E-state index in [1.807, 2.05) is 36.4 Å². The third kappa shape index (κ3) is 3.49. The number of benzene rings is 3. The molecule has 0 radical (unpaired) electrons. The van der Waals surface area contributed by atoms with E-state index in [0.717, 1.165) is 10.2 Å². The fourth-order valence-corrected chi connectivity index (χ4v) is 3.64. The Morgan fingerprint density at radius 2 is 1.63 bits per heavy atom. The third-order valence-corrected chi connectivity index (χ3v) is 4.99. The maximum atomic E-state index is 11.1. The van der Waals surface area contributed by atoms with Crippen molar-refractivity contribution in [3.05, 3.63) is 66.7 Å². The number of para-hydroxylation sites is 4. The highest BCUT2D eigenvalue weighted by Gasteiger charge is 2.20. The van der Waals surface area contributed by atoms with Gasteiger partial charge in [0, 0.05) is 0 Å². The molecule has 5 rings (SSSR count). The molecule has 1 N–H and O–H groups in total. The van der Waals surface area contributed by atoms with Crippen LogP contribution in [0.4, 0.5) is 4.79 Å². The maximum Gasteiger partial charge on any atom is 0.511 e. The molecule has 0 aliphatic rings. The molecular formula is C21H12N2O6S. The van der Waals surface area contributed by atoms with Gasteiger partial charge in [0.15, 0.2) is 17.1 Å². The average Bonchev–Trinajstić information content (AvgIpc) is 3.32. The van der Waals surface area contributed by atoms with Crippen LogP contribution in [0.1, 0.15) is 0 Å². The van der Waals surface area contributed by atoms with Crippen molar-refractivity contribution in [2.24, 2.45) is 0 Å². The van der Waals surface area contributed by atoms with Gasteiger partial charge in [-0.05, 0) is 36.4 Å². The topological polar surface area (TPSA) is 104 Å². The molecule has 8 nitrogen and oxygen atoms in total. The molecule has 0 fully saturated rings. The number of aromatic nitrogens is 2. The Morgan fingerprint density at radius 1 is 0.867 bits per heavy atom. The monoisotopic (exact) mass is 420 g/mol. The molecule has 30 heavy (non-hydrogen) atoms. The van der Waals surface area contributed by atoms with Crippen molar-refractivity contribution in [2.75, 3.05) is 0 Å². The first kappa shape index (κ1) is 18.0. The van der Waals surface area contributed by atoms with Crippen LogP contribution in [0, 0.1) is 0 Å². The molecule has 5 aromatic rings. The molecule has 2 aromatic heterocycles. The van der Waals surface area contributed by atoms with E-state index in [1.54, 1.807) is 24.3 Å². The molecule has 0 aliphatic heterocycles. The van der Waals surface area contributed by atoms with Gasteiger partial charge >= 0.3 is 12.2 Å². The van der Waals surface area contributed by atoms with Crippen molar-refractivity contribution < 1.29 is 28.5 Å². The Morgan fingerprint density at radius 3 is 2.43 bits per heavy atom. The summed E-state index contributed by atoms with van der Waals surface area (Å²) in [5.74, 6) is 0.163. The fourth-order valence-electron chi connectivity index (χ4n) is 2.82. The Balaban J connectivity index is 1.54. The molecule has 0 unspecified atom stereocenters. The van der Waals surface area contributed by atoms with Gasteiger partial charge in [0.25, 0.3) is 5.19 Å². The summed E-state index contributed by atoms with van der Waals surface area (Å²) in [6, 6.07) is 19.3. The fraction of sp³-hybridized carbons (Fsp3) is 0. The van der Waals surface area contributed by atoms with Crippen LogP contribution in [0.3, 0.4) is 0 Å². The quantitative estimate of drug-likeness (QED) is 0.269. The van der Waals surface area contributed by atoms with Crippen molar-refractivity contribution in [1.82, 2.24) is 9.97 Å². The number of fused-ring (bicyclic) bond motifs is 2. The molecule has 3 aromatic carbocycles. The predicted octanol–water partition coefficient (Wildman–Crippen LogP) is 6.08. The lowest BCUT2D eigenvalue weighted by molar-refractivity contribution is 0.143. The van der Waals surface area contributed by atoms with E-state index in [0.29, 0.717) is 16.3 Å². The first-order chi connectivity index (χ1) is 14.7. The van der Waals surface area contributed by atoms with Gasteiger partial charge in [0.2, 0.25) is 5.75 Å². The number of thiazole rings is 1. The van der Waals surface area contributed by atoms with E-state index >= 15 is 0 Å². The highest BCUT2D eigenvalue weighted by atomic mass is 32.1. The van der Waals surface area contributed by atoms with E-state index in [1.165, 1.54) is 17.4 Å². The average molecular weight is 420 g/mol. The van der Waals surface area contributed by atoms with Crippen LogP contribution < -0.4 is 14.2 Å². The van der Waals surface area contributed by atoms with Gasteiger partial charge in [-0.2, -0.15) is 4.98 Å². The Hall–Kier alpha value is -4.11. The zero-order valence-electron chi connectivity index (χ0n) is 15.1. The first-order valence-corrected chi connectivity index (χ1v) is 9.58. The van der Waals surface area contributed by atoms with Gasteiger partial charge in [-0.15, -0.1) is 0 Å². The van der Waals surface area contributed by atoms with Crippen molar-refractivity contribution in [3.8, 4) is 28.5 Å². The summed E-state index contributed by atoms with van der Waals surface area (Å²) in [5.41, 5.74) is 1.94. The lowest BCUT2D eigenvalue weighted by Crippen LogP contribution is -2.04. The summed E-state index contributed by atoms with van der Waals surface area (Å²) < 4.78 is 23.0. The molecule has 0 saturated carbocycles. The first-order valence-electron chi connectivity index (χ1n) is 8.76. The van der Waals surface area contributed by atoms with E-state index in [2.05, 4.69) is 9.97 Å². The van der Waals surface area contributed by atoms with Crippen molar-refractivity contribution >= 4 is 38.8 Å². The second kappa shape index (κ2) is 7.37. The van der Waals surface area contributed by atoms with Crippen LogP contribution in [0.2, 0.25) is 0 Å². The predicted molar refractivity (Wildman–Crippen MR) is 109 cm³/mol. The Bertz CT molecular complexity index is 1310. The number of hydrogen-bond donors (Lipinski definition) is 1. The van der Waals surface area contributed by atoms with Crippen LogP contribution >= 0.6 is 11.3 Å². The Kier molecular flexibility index (Phi) is 4.41. The summed E-state index contributed by atoms with van der Waals surface area (Å²) in [6.45, 7) is 0. The van der Waals surface area contributed by atoms with Crippen molar-refractivity contribution in [3.63, 3.8) is 0 Å². The highest BCUT2D eigenvalue weighted by molar-refractivity contribution is 7.20. The maximum absolute atomic E-state index is 11.1. The second-order valence-electron chi connectivity index (χ2n) is 6.05. The van der Waals surface area contributed by atoms with Gasteiger partial charge in [0.05, 0.1) is 10.2 Å². The third-order valence-electron chi connectivity index (χ3n) is 4.08. The van der Waals surface area contributed by atoms with Crippen LogP contribution in [0.15, 0.2) is 71.1 Å². The minimum absolute atomic E-state index is 0.0159. The molecule has 2 heterocycles. The molecule has 9 heteroatoms. The molecular weight excluding hydrogens is 408 g/mol. The van der Waals surface area contributed by atoms with Gasteiger partial charge in [-0.1, -0.05) is 41.7 Å². The van der Waals surface area contributed by atoms with Gasteiger partial charge < -0.3 is 23.7 Å². The van der Waals surface area contributed by atoms with Gasteiger partial charge in [-0.3, -0.25) is 0 Å². The lowest BCUT2D eigenvalue weighted by atomic mass is 10.3. The number of ether oxygens (including phenoxy) is 3. The normalized spacial score (nSPS) is 10.9. The van der Waals surface area contributed by atoms with Crippen LogP contribution in [-0.2, 0) is 0 Å². The summed E-state index contributed by atoms with van der Waals surface area (Å²) in [5, 5.41) is 9.39. The molecule has 0 spiro atoms. The summed E-state index contributed by atoms with van der Waals surface area (Å²) in [6.07, 6.45) is -1.50. The number of oxazole rings is 1. The van der Waals surface area contributed by atoms with Gasteiger partial charge in [-0.25, -0.2) is 9.78 Å². The van der Waals surface area contributed by atoms with Crippen LogP contribution in [0.25, 0.3) is 21.3 Å². The Labute approximate surface area is 172 Å². The number of hydrogen-bond acceptors (Lipinski definition) is 8. The summed E-state index contributed by atoms with van der Waals surface area (Å²) in [4.78, 5) is 19.8. The molecule has 0 aliphatic carbocycles. The van der Waals surface area contributed by atoms with Crippen molar-refractivity contribution in [1.29, 1.82) is 0 Å². The molecule has 0 bridgehead atoms. The second-order valence-corrected chi connectivity index (χ2v) is 7.04. The van der Waals surface area contributed by atoms with E-state index in [9.17, 15) is 4.79 Å². The van der Waals surface area contributed by atoms with E-state index < -0.39 is 6.16 Å². The van der Waals surface area contributed by atoms with Gasteiger partial charge in [0.1, 0.15) is 5.52 Å². The number of nitrogens with zero attached hydrogens (tertiary/aromatic N) is 2. The molecule has 0 atom stereocenters. The van der Waals surface area contributed by atoms with E-state index in [4.69, 9.17) is 23.7 Å². The lowest BCUT2D eigenvalue weighted by Gasteiger charge is -2.11. The minimum Gasteiger partial charge on any atom is -0.449 e. The SMILES string of the molecule is O=C(O)Oc1cccc(Oc2nc3ccccc3o2)c1Oc1nc2ccccc2s1. The molecule has 148 valence electrons.